The molecule has 1 unspecified atom stereocenters. The topological polar surface area (TPSA) is 101 Å². The number of nitrogens with zero attached hydrogens (tertiary/aromatic N) is 4. The third kappa shape index (κ3) is 5.37. The Morgan fingerprint density at radius 3 is 2.66 bits per heavy atom. The van der Waals surface area contributed by atoms with Crippen molar-refractivity contribution in [2.24, 2.45) is 11.8 Å². The summed E-state index contributed by atoms with van der Waals surface area (Å²) < 4.78 is 34.4. The summed E-state index contributed by atoms with van der Waals surface area (Å²) in [5.74, 6) is 1.70. The van der Waals surface area contributed by atoms with Crippen LogP contribution < -0.4 is 4.74 Å². The molecule has 2 aliphatic rings. The normalized spacial score (nSPS) is 23.1. The Labute approximate surface area is 227 Å². The highest BCUT2D eigenvalue weighted by molar-refractivity contribution is 7.89. The first-order chi connectivity index (χ1) is 18.5. The highest BCUT2D eigenvalue weighted by atomic mass is 35.5. The fourth-order valence-corrected chi connectivity index (χ4v) is 8.22. The van der Waals surface area contributed by atoms with Gasteiger partial charge in [0.15, 0.2) is 0 Å². The Hall–Kier alpha value is -2.75. The van der Waals surface area contributed by atoms with E-state index in [2.05, 4.69) is 20.2 Å². The van der Waals surface area contributed by atoms with Crippen LogP contribution in [0.25, 0.3) is 21.9 Å². The van der Waals surface area contributed by atoms with E-state index in [0.717, 1.165) is 66.2 Å². The van der Waals surface area contributed by atoms with Crippen molar-refractivity contribution in [3.05, 3.63) is 59.5 Å². The lowest BCUT2D eigenvalue weighted by Crippen LogP contribution is -2.43. The molecule has 3 aromatic heterocycles. The number of fused-ring (bicyclic) bond motifs is 3. The van der Waals surface area contributed by atoms with Gasteiger partial charge in [-0.2, -0.15) is 5.10 Å². The lowest BCUT2D eigenvalue weighted by Gasteiger charge is -2.34. The Balaban J connectivity index is 1.07. The van der Waals surface area contributed by atoms with Crippen LogP contribution in [0.5, 0.6) is 5.75 Å². The van der Waals surface area contributed by atoms with Gasteiger partial charge in [-0.05, 0) is 86.3 Å². The van der Waals surface area contributed by atoms with E-state index in [1.807, 2.05) is 30.6 Å². The van der Waals surface area contributed by atoms with Crippen LogP contribution in [-0.2, 0) is 10.0 Å². The van der Waals surface area contributed by atoms with Gasteiger partial charge in [0.2, 0.25) is 10.0 Å². The highest BCUT2D eigenvalue weighted by Gasteiger charge is 2.33. The van der Waals surface area contributed by atoms with Crippen LogP contribution >= 0.6 is 11.6 Å². The van der Waals surface area contributed by atoms with Crippen molar-refractivity contribution < 1.29 is 13.2 Å². The van der Waals surface area contributed by atoms with Gasteiger partial charge in [0.05, 0.1) is 24.8 Å². The first-order valence-electron chi connectivity index (χ1n) is 13.4. The average molecular weight is 554 g/mol. The molecule has 1 aliphatic carbocycles. The molecular formula is C28H32ClN5O3S. The molecule has 38 heavy (non-hydrogen) atoms. The zero-order chi connectivity index (χ0) is 26.1. The molecule has 4 heterocycles. The standard InChI is InChI=1S/C28H32ClN5O3S/c29-22-7-9-23(10-8-22)37-17-20-2-1-13-34(16-20)38(35,36)18-19-3-5-21(6-4-19)25-14-32-33-26-15-31-28-24(27(25)26)11-12-30-28/h7-12,14-15,19-21H,1-6,13,16-18H2,(H,30,31). The Morgan fingerprint density at radius 2 is 1.84 bits per heavy atom. The number of piperidine rings is 1. The number of hydrogen-bond donors (Lipinski definition) is 1. The van der Waals surface area contributed by atoms with Crippen molar-refractivity contribution in [3.8, 4) is 5.75 Å². The zero-order valence-electron chi connectivity index (χ0n) is 21.2. The van der Waals surface area contributed by atoms with E-state index in [9.17, 15) is 8.42 Å². The van der Waals surface area contributed by atoms with Crippen molar-refractivity contribution in [2.75, 3.05) is 25.4 Å². The van der Waals surface area contributed by atoms with Gasteiger partial charge in [-0.15, -0.1) is 5.10 Å². The number of ether oxygens (including phenoxy) is 1. The predicted molar refractivity (Wildman–Crippen MR) is 149 cm³/mol. The van der Waals surface area contributed by atoms with Crippen molar-refractivity contribution in [2.45, 2.75) is 44.4 Å². The Bertz CT molecular complexity index is 1520. The summed E-state index contributed by atoms with van der Waals surface area (Å²) in [5.41, 5.74) is 2.85. The quantitative estimate of drug-likeness (QED) is 0.322. The van der Waals surface area contributed by atoms with Gasteiger partial charge in [-0.1, -0.05) is 11.6 Å². The van der Waals surface area contributed by atoms with Crippen molar-refractivity contribution in [3.63, 3.8) is 0 Å². The molecule has 0 spiro atoms. The van der Waals surface area contributed by atoms with E-state index in [4.69, 9.17) is 16.3 Å². The second-order valence-electron chi connectivity index (χ2n) is 10.7. The van der Waals surface area contributed by atoms with Crippen LogP contribution in [0.3, 0.4) is 0 Å². The number of rotatable bonds is 7. The number of H-pyrrole nitrogens is 1. The minimum atomic E-state index is -3.32. The third-order valence-electron chi connectivity index (χ3n) is 8.12. The first kappa shape index (κ1) is 25.5. The molecule has 1 aliphatic heterocycles. The monoisotopic (exact) mass is 553 g/mol. The molecule has 6 rings (SSSR count). The lowest BCUT2D eigenvalue weighted by molar-refractivity contribution is 0.179. The molecular weight excluding hydrogens is 522 g/mol. The van der Waals surface area contributed by atoms with Gasteiger partial charge in [0.1, 0.15) is 16.9 Å². The van der Waals surface area contributed by atoms with Gasteiger partial charge in [0.25, 0.3) is 0 Å². The van der Waals surface area contributed by atoms with E-state index in [0.29, 0.717) is 30.6 Å². The van der Waals surface area contributed by atoms with Gasteiger partial charge < -0.3 is 9.72 Å². The number of halogens is 1. The number of pyridine rings is 1. The maximum absolute atomic E-state index is 13.4. The van der Waals surface area contributed by atoms with Crippen LogP contribution in [0.4, 0.5) is 0 Å². The molecule has 1 N–H and O–H groups in total. The van der Waals surface area contributed by atoms with Crippen LogP contribution in [0.15, 0.2) is 48.9 Å². The van der Waals surface area contributed by atoms with E-state index in [-0.39, 0.29) is 17.6 Å². The number of hydrogen-bond acceptors (Lipinski definition) is 6. The fraction of sp³-hybridized carbons (Fsp3) is 0.464. The van der Waals surface area contributed by atoms with Crippen LogP contribution in [0.2, 0.25) is 5.02 Å². The van der Waals surface area contributed by atoms with Gasteiger partial charge in [0, 0.05) is 41.0 Å². The largest absolute Gasteiger partial charge is 0.493 e. The summed E-state index contributed by atoms with van der Waals surface area (Å²) >= 11 is 5.95. The SMILES string of the molecule is O=S(=O)(CC1CCC(c2cnnc3cnc4[nH]ccc4c23)CC1)N1CCCC(COc2ccc(Cl)cc2)C1. The molecule has 1 aromatic carbocycles. The Kier molecular flexibility index (Phi) is 7.24. The predicted octanol–water partition coefficient (Wildman–Crippen LogP) is 5.55. The molecule has 1 saturated carbocycles. The minimum absolute atomic E-state index is 0.178. The number of benzene rings is 1. The van der Waals surface area contributed by atoms with Gasteiger partial charge in [-0.3, -0.25) is 0 Å². The second kappa shape index (κ2) is 10.8. The van der Waals surface area contributed by atoms with E-state index in [1.165, 1.54) is 5.56 Å². The number of sulfonamides is 1. The van der Waals surface area contributed by atoms with E-state index >= 15 is 0 Å². The minimum Gasteiger partial charge on any atom is -0.493 e. The molecule has 1 saturated heterocycles. The molecule has 0 amide bonds. The smallest absolute Gasteiger partial charge is 0.214 e. The molecule has 10 heteroatoms. The number of aromatic amines is 1. The third-order valence-corrected chi connectivity index (χ3v) is 10.4. The molecule has 0 bridgehead atoms. The van der Waals surface area contributed by atoms with Crippen molar-refractivity contribution in [1.82, 2.24) is 24.5 Å². The molecule has 4 aromatic rings. The maximum Gasteiger partial charge on any atom is 0.214 e. The molecule has 200 valence electrons. The fourth-order valence-electron chi connectivity index (χ4n) is 6.11. The molecule has 0 radical (unpaired) electrons. The van der Waals surface area contributed by atoms with E-state index < -0.39 is 10.0 Å². The van der Waals surface area contributed by atoms with Crippen LogP contribution in [0, 0.1) is 11.8 Å². The summed E-state index contributed by atoms with van der Waals surface area (Å²) in [6.45, 7) is 1.64. The van der Waals surface area contributed by atoms with Crippen molar-refractivity contribution >= 4 is 43.6 Å². The summed E-state index contributed by atoms with van der Waals surface area (Å²) in [5, 5.41) is 11.4. The summed E-state index contributed by atoms with van der Waals surface area (Å²) in [4.78, 5) is 7.63. The van der Waals surface area contributed by atoms with Crippen LogP contribution in [0.1, 0.15) is 50.0 Å². The number of nitrogens with one attached hydrogen (secondary N) is 1. The first-order valence-corrected chi connectivity index (χ1v) is 15.4. The highest BCUT2D eigenvalue weighted by Crippen LogP contribution is 2.40. The van der Waals surface area contributed by atoms with E-state index in [1.54, 1.807) is 22.6 Å². The summed E-state index contributed by atoms with van der Waals surface area (Å²) in [7, 11) is -3.32. The zero-order valence-corrected chi connectivity index (χ0v) is 22.8. The van der Waals surface area contributed by atoms with Crippen LogP contribution in [-0.4, -0.2) is 58.3 Å². The second-order valence-corrected chi connectivity index (χ2v) is 13.1. The number of aromatic nitrogens is 4. The average Bonchev–Trinajstić information content (AvgIpc) is 3.42. The van der Waals surface area contributed by atoms with Gasteiger partial charge >= 0.3 is 0 Å². The maximum atomic E-state index is 13.4. The summed E-state index contributed by atoms with van der Waals surface area (Å²) in [6.07, 6.45) is 11.1. The van der Waals surface area contributed by atoms with Crippen molar-refractivity contribution in [1.29, 1.82) is 0 Å². The molecule has 2 fully saturated rings. The summed E-state index contributed by atoms with van der Waals surface area (Å²) in [6, 6.07) is 9.33. The molecule has 1 atom stereocenters. The lowest BCUT2D eigenvalue weighted by atomic mass is 9.79. The van der Waals surface area contributed by atoms with Gasteiger partial charge in [-0.25, -0.2) is 17.7 Å². The molecule has 8 nitrogen and oxygen atoms in total. The Morgan fingerprint density at radius 1 is 1.03 bits per heavy atom.